The largest absolute Gasteiger partial charge is 0.508 e. The number of aliphatic imine (C=N–C) groups is 1. The first kappa shape index (κ1) is 19.3. The predicted molar refractivity (Wildman–Crippen MR) is 119 cm³/mol. The number of nitrogens with zero attached hydrogens (tertiary/aromatic N) is 1. The summed E-state index contributed by atoms with van der Waals surface area (Å²) in [6.45, 7) is 1.48. The van der Waals surface area contributed by atoms with Crippen molar-refractivity contribution >= 4 is 34.4 Å². The SMILES string of the molecule is CC(=O)Nc1ccc(Cc2ccc3[nH]c(O)c(C=Nc4cccc(O)c4)c3c2)cc1. The first-order valence-electron chi connectivity index (χ1n) is 9.51. The van der Waals surface area contributed by atoms with E-state index in [0.717, 1.165) is 27.7 Å². The first-order chi connectivity index (χ1) is 14.5. The molecule has 4 rings (SSSR count). The molecule has 0 unspecified atom stereocenters. The monoisotopic (exact) mass is 399 g/mol. The van der Waals surface area contributed by atoms with Gasteiger partial charge in [-0.25, -0.2) is 0 Å². The zero-order chi connectivity index (χ0) is 21.1. The summed E-state index contributed by atoms with van der Waals surface area (Å²) < 4.78 is 0. The van der Waals surface area contributed by atoms with Gasteiger partial charge in [-0.3, -0.25) is 9.79 Å². The number of hydrogen-bond acceptors (Lipinski definition) is 4. The third-order valence-corrected chi connectivity index (χ3v) is 4.74. The summed E-state index contributed by atoms with van der Waals surface area (Å²) in [7, 11) is 0. The van der Waals surface area contributed by atoms with Crippen LogP contribution < -0.4 is 5.32 Å². The Hall–Kier alpha value is -4.06. The van der Waals surface area contributed by atoms with Crippen LogP contribution in [0, 0.1) is 0 Å². The molecule has 0 aliphatic carbocycles. The van der Waals surface area contributed by atoms with Crippen molar-refractivity contribution in [2.75, 3.05) is 5.32 Å². The zero-order valence-corrected chi connectivity index (χ0v) is 16.4. The molecule has 6 nitrogen and oxygen atoms in total. The Morgan fingerprint density at radius 2 is 1.80 bits per heavy atom. The second-order valence-electron chi connectivity index (χ2n) is 7.10. The van der Waals surface area contributed by atoms with Gasteiger partial charge in [0.1, 0.15) is 5.75 Å². The van der Waals surface area contributed by atoms with E-state index < -0.39 is 0 Å². The van der Waals surface area contributed by atoms with Crippen LogP contribution in [0.3, 0.4) is 0 Å². The maximum absolute atomic E-state index is 11.2. The number of H-pyrrole nitrogens is 1. The minimum Gasteiger partial charge on any atom is -0.508 e. The maximum atomic E-state index is 11.2. The molecule has 6 heteroatoms. The standard InChI is InChI=1S/C24H21N3O3/c1-15(28)26-18-8-5-16(6-9-18)11-17-7-10-23-21(12-17)22(24(30)27-23)14-25-19-3-2-4-20(29)13-19/h2-10,12-14,27,29-30H,11H2,1H3,(H,26,28). The van der Waals surface area contributed by atoms with Gasteiger partial charge in [0.15, 0.2) is 5.88 Å². The van der Waals surface area contributed by atoms with Crippen molar-refractivity contribution in [3.8, 4) is 11.6 Å². The van der Waals surface area contributed by atoms with E-state index in [4.69, 9.17) is 0 Å². The Morgan fingerprint density at radius 1 is 1.03 bits per heavy atom. The highest BCUT2D eigenvalue weighted by Crippen LogP contribution is 2.28. The first-order valence-corrected chi connectivity index (χ1v) is 9.51. The van der Waals surface area contributed by atoms with Crippen molar-refractivity contribution in [3.05, 3.63) is 83.4 Å². The highest BCUT2D eigenvalue weighted by molar-refractivity contribution is 6.02. The minimum absolute atomic E-state index is 0.0470. The zero-order valence-electron chi connectivity index (χ0n) is 16.4. The van der Waals surface area contributed by atoms with Gasteiger partial charge in [0.25, 0.3) is 0 Å². The lowest BCUT2D eigenvalue weighted by Crippen LogP contribution is -2.05. The second kappa shape index (κ2) is 8.13. The van der Waals surface area contributed by atoms with Gasteiger partial charge in [0.2, 0.25) is 5.91 Å². The van der Waals surface area contributed by atoms with Crippen molar-refractivity contribution in [2.45, 2.75) is 13.3 Å². The van der Waals surface area contributed by atoms with Crippen molar-refractivity contribution in [3.63, 3.8) is 0 Å². The van der Waals surface area contributed by atoms with Gasteiger partial charge in [0, 0.05) is 35.8 Å². The van der Waals surface area contributed by atoms with E-state index in [9.17, 15) is 15.0 Å². The van der Waals surface area contributed by atoms with Crippen LogP contribution >= 0.6 is 0 Å². The van der Waals surface area contributed by atoms with Crippen LogP contribution in [0.25, 0.3) is 10.9 Å². The van der Waals surface area contributed by atoms with Crippen LogP contribution in [-0.4, -0.2) is 27.3 Å². The number of anilines is 1. The molecule has 3 aromatic carbocycles. The summed E-state index contributed by atoms with van der Waals surface area (Å²) in [4.78, 5) is 18.5. The number of phenolic OH excluding ortho intramolecular Hbond substituents is 1. The van der Waals surface area contributed by atoms with Gasteiger partial charge in [0.05, 0.1) is 11.3 Å². The van der Waals surface area contributed by atoms with Gasteiger partial charge in [-0.1, -0.05) is 24.3 Å². The summed E-state index contributed by atoms with van der Waals surface area (Å²) in [6.07, 6.45) is 2.31. The maximum Gasteiger partial charge on any atom is 0.221 e. The van der Waals surface area contributed by atoms with Gasteiger partial charge < -0.3 is 20.5 Å². The fraction of sp³-hybridized carbons (Fsp3) is 0.0833. The van der Waals surface area contributed by atoms with Crippen LogP contribution in [0.2, 0.25) is 0 Å². The van der Waals surface area contributed by atoms with Crippen LogP contribution in [-0.2, 0) is 11.2 Å². The molecule has 0 spiro atoms. The highest BCUT2D eigenvalue weighted by atomic mass is 16.3. The number of nitrogens with one attached hydrogen (secondary N) is 2. The van der Waals surface area contributed by atoms with E-state index in [1.54, 1.807) is 30.5 Å². The molecule has 0 saturated carbocycles. The smallest absolute Gasteiger partial charge is 0.221 e. The Bertz CT molecular complexity index is 1240. The van der Waals surface area contributed by atoms with Gasteiger partial charge in [-0.05, 0) is 53.9 Å². The van der Waals surface area contributed by atoms with Crippen molar-refractivity contribution in [1.29, 1.82) is 0 Å². The van der Waals surface area contributed by atoms with E-state index >= 15 is 0 Å². The van der Waals surface area contributed by atoms with Gasteiger partial charge in [-0.2, -0.15) is 0 Å². The summed E-state index contributed by atoms with van der Waals surface area (Å²) in [5.41, 5.74) is 4.96. The normalized spacial score (nSPS) is 11.2. The van der Waals surface area contributed by atoms with Crippen LogP contribution in [0.15, 0.2) is 71.7 Å². The lowest BCUT2D eigenvalue weighted by molar-refractivity contribution is -0.114. The number of carbonyl (C=O) groups is 1. The number of carbonyl (C=O) groups excluding carboxylic acids is 1. The number of aromatic nitrogens is 1. The summed E-state index contributed by atoms with van der Waals surface area (Å²) >= 11 is 0. The Morgan fingerprint density at radius 3 is 2.53 bits per heavy atom. The molecular weight excluding hydrogens is 378 g/mol. The molecule has 0 bridgehead atoms. The van der Waals surface area contributed by atoms with Gasteiger partial charge >= 0.3 is 0 Å². The van der Waals surface area contributed by atoms with E-state index in [1.807, 2.05) is 42.5 Å². The second-order valence-corrected chi connectivity index (χ2v) is 7.10. The molecule has 30 heavy (non-hydrogen) atoms. The topological polar surface area (TPSA) is 97.7 Å². The summed E-state index contributed by atoms with van der Waals surface area (Å²) in [5, 5.41) is 23.5. The third kappa shape index (κ3) is 4.33. The van der Waals surface area contributed by atoms with Gasteiger partial charge in [-0.15, -0.1) is 0 Å². The van der Waals surface area contributed by atoms with E-state index in [1.165, 1.54) is 6.92 Å². The predicted octanol–water partition coefficient (Wildman–Crippen LogP) is 4.88. The number of phenols is 1. The molecule has 4 N–H and O–H groups in total. The quantitative estimate of drug-likeness (QED) is 0.360. The molecule has 0 fully saturated rings. The molecule has 0 aliphatic heterocycles. The molecule has 0 radical (unpaired) electrons. The third-order valence-electron chi connectivity index (χ3n) is 4.74. The van der Waals surface area contributed by atoms with E-state index in [-0.39, 0.29) is 17.5 Å². The Kier molecular flexibility index (Phi) is 5.22. The number of rotatable bonds is 5. The minimum atomic E-state index is -0.0969. The Labute approximate surface area is 173 Å². The number of amides is 1. The molecule has 0 atom stereocenters. The van der Waals surface area contributed by atoms with Crippen molar-refractivity contribution < 1.29 is 15.0 Å². The van der Waals surface area contributed by atoms with E-state index in [0.29, 0.717) is 17.7 Å². The number of fused-ring (bicyclic) bond motifs is 1. The van der Waals surface area contributed by atoms with Crippen LogP contribution in [0.5, 0.6) is 11.6 Å². The summed E-state index contributed by atoms with van der Waals surface area (Å²) in [5.74, 6) is 0.0886. The van der Waals surface area contributed by atoms with Crippen LogP contribution in [0.4, 0.5) is 11.4 Å². The fourth-order valence-corrected chi connectivity index (χ4v) is 3.34. The Balaban J connectivity index is 1.60. The lowest BCUT2D eigenvalue weighted by Gasteiger charge is -2.06. The number of aromatic amines is 1. The molecule has 1 aromatic heterocycles. The molecule has 0 aliphatic rings. The highest BCUT2D eigenvalue weighted by Gasteiger charge is 2.10. The van der Waals surface area contributed by atoms with E-state index in [2.05, 4.69) is 15.3 Å². The van der Waals surface area contributed by atoms with Crippen molar-refractivity contribution in [2.24, 2.45) is 4.99 Å². The molecule has 0 saturated heterocycles. The number of benzene rings is 3. The molecule has 1 heterocycles. The van der Waals surface area contributed by atoms with Crippen LogP contribution in [0.1, 0.15) is 23.6 Å². The molecule has 1 amide bonds. The van der Waals surface area contributed by atoms with Crippen molar-refractivity contribution in [1.82, 2.24) is 4.98 Å². The molecular formula is C24H21N3O3. The lowest BCUT2D eigenvalue weighted by atomic mass is 10.0. The number of hydrogen-bond donors (Lipinski definition) is 4. The average Bonchev–Trinajstić information content (AvgIpc) is 3.02. The fourth-order valence-electron chi connectivity index (χ4n) is 3.34. The molecule has 150 valence electrons. The molecule has 4 aromatic rings. The average molecular weight is 399 g/mol. The number of aromatic hydroxyl groups is 2. The summed E-state index contributed by atoms with van der Waals surface area (Å²) in [6, 6.07) is 20.3.